The Labute approximate surface area is 95.5 Å². The van der Waals surface area contributed by atoms with E-state index in [1.807, 2.05) is 6.92 Å². The van der Waals surface area contributed by atoms with E-state index in [2.05, 4.69) is 29.6 Å². The molecule has 4 heteroatoms. The van der Waals surface area contributed by atoms with E-state index in [4.69, 9.17) is 17.0 Å². The van der Waals surface area contributed by atoms with Gasteiger partial charge in [-0.3, -0.25) is 0 Å². The number of hydrogen-bond acceptors (Lipinski definition) is 2. The fourth-order valence-corrected chi connectivity index (χ4v) is 2.60. The lowest BCUT2D eigenvalue weighted by Crippen LogP contribution is -2.34. The van der Waals surface area contributed by atoms with Crippen LogP contribution in [0.3, 0.4) is 0 Å². The molecule has 1 N–H and O–H groups in total. The molecule has 0 radical (unpaired) electrons. The Hall–Kier alpha value is -0.610. The molecule has 1 aliphatic rings. The molecule has 1 saturated heterocycles. The van der Waals surface area contributed by atoms with Gasteiger partial charge in [0.05, 0.1) is 5.60 Å². The van der Waals surface area contributed by atoms with Gasteiger partial charge in [0.1, 0.15) is 0 Å². The number of imidazole rings is 1. The lowest BCUT2D eigenvalue weighted by atomic mass is 9.94. The maximum absolute atomic E-state index is 5.71. The van der Waals surface area contributed by atoms with Crippen LogP contribution in [-0.4, -0.2) is 21.8 Å². The van der Waals surface area contributed by atoms with Crippen LogP contribution in [0.15, 0.2) is 6.20 Å². The first kappa shape index (κ1) is 10.9. The first-order valence-electron chi connectivity index (χ1n) is 5.40. The molecular formula is C11H18N2OS. The summed E-state index contributed by atoms with van der Waals surface area (Å²) in [5.41, 5.74) is 1.10. The van der Waals surface area contributed by atoms with Gasteiger partial charge in [0.25, 0.3) is 0 Å². The molecule has 15 heavy (non-hydrogen) atoms. The predicted molar refractivity (Wildman–Crippen MR) is 62.7 cm³/mol. The van der Waals surface area contributed by atoms with E-state index in [-0.39, 0.29) is 5.60 Å². The van der Waals surface area contributed by atoms with Crippen LogP contribution < -0.4 is 0 Å². The summed E-state index contributed by atoms with van der Waals surface area (Å²) in [6, 6.07) is 0.478. The molecule has 1 aromatic heterocycles. The molecule has 0 aliphatic carbocycles. The quantitative estimate of drug-likeness (QED) is 0.746. The minimum absolute atomic E-state index is 0.0249. The number of aryl methyl sites for hydroxylation is 1. The van der Waals surface area contributed by atoms with E-state index >= 15 is 0 Å². The minimum atomic E-state index is -0.0249. The normalized spacial score (nSPS) is 25.4. The summed E-state index contributed by atoms with van der Waals surface area (Å²) < 4.78 is 8.71. The van der Waals surface area contributed by atoms with Crippen LogP contribution >= 0.6 is 12.2 Å². The zero-order chi connectivity index (χ0) is 11.1. The van der Waals surface area contributed by atoms with Gasteiger partial charge in [-0.15, -0.1) is 0 Å². The van der Waals surface area contributed by atoms with Crippen LogP contribution in [0.4, 0.5) is 0 Å². The predicted octanol–water partition coefficient (Wildman–Crippen LogP) is 2.98. The standard InChI is InChI=1S/C11H18N2OS/c1-8-7-13(10(15)12-8)9-4-5-14-11(2,3)6-9/h7,9H,4-6H2,1-3H3,(H,12,15). The summed E-state index contributed by atoms with van der Waals surface area (Å²) in [7, 11) is 0. The Morgan fingerprint density at radius 3 is 2.87 bits per heavy atom. The van der Waals surface area contributed by atoms with Gasteiger partial charge in [0.2, 0.25) is 0 Å². The van der Waals surface area contributed by atoms with Gasteiger partial charge in [0, 0.05) is 24.5 Å². The van der Waals surface area contributed by atoms with Gasteiger partial charge in [-0.1, -0.05) is 0 Å². The molecule has 0 aromatic carbocycles. The molecule has 1 unspecified atom stereocenters. The van der Waals surface area contributed by atoms with Gasteiger partial charge >= 0.3 is 0 Å². The van der Waals surface area contributed by atoms with Gasteiger partial charge in [-0.05, 0) is 45.8 Å². The average molecular weight is 226 g/mol. The second kappa shape index (κ2) is 3.76. The fourth-order valence-electron chi connectivity index (χ4n) is 2.24. The van der Waals surface area contributed by atoms with Crippen LogP contribution in [-0.2, 0) is 4.74 Å². The second-order valence-electron chi connectivity index (χ2n) is 4.90. The van der Waals surface area contributed by atoms with E-state index in [9.17, 15) is 0 Å². The van der Waals surface area contributed by atoms with Gasteiger partial charge < -0.3 is 14.3 Å². The van der Waals surface area contributed by atoms with Crippen LogP contribution in [0.1, 0.15) is 38.4 Å². The Balaban J connectivity index is 2.24. The summed E-state index contributed by atoms with van der Waals surface area (Å²) in [6.45, 7) is 7.14. The molecule has 2 heterocycles. The fraction of sp³-hybridized carbons (Fsp3) is 0.727. The Morgan fingerprint density at radius 1 is 1.60 bits per heavy atom. The third-order valence-corrected chi connectivity index (χ3v) is 3.25. The van der Waals surface area contributed by atoms with Crippen molar-refractivity contribution in [3.63, 3.8) is 0 Å². The van der Waals surface area contributed by atoms with Crippen molar-refractivity contribution in [1.82, 2.24) is 9.55 Å². The number of nitrogens with one attached hydrogen (secondary N) is 1. The highest BCUT2D eigenvalue weighted by Crippen LogP contribution is 2.32. The maximum atomic E-state index is 5.71. The first-order chi connectivity index (χ1) is 6.98. The highest BCUT2D eigenvalue weighted by atomic mass is 32.1. The summed E-state index contributed by atoms with van der Waals surface area (Å²) in [6.07, 6.45) is 4.18. The lowest BCUT2D eigenvalue weighted by molar-refractivity contribution is -0.0692. The lowest BCUT2D eigenvalue weighted by Gasteiger charge is -2.36. The zero-order valence-electron chi connectivity index (χ0n) is 9.54. The number of hydrogen-bond donors (Lipinski definition) is 1. The summed E-state index contributed by atoms with van der Waals surface area (Å²) in [5.74, 6) is 0. The van der Waals surface area contributed by atoms with E-state index in [0.717, 1.165) is 29.9 Å². The smallest absolute Gasteiger partial charge is 0.177 e. The third kappa shape index (κ3) is 2.32. The summed E-state index contributed by atoms with van der Waals surface area (Å²) in [4.78, 5) is 3.17. The molecule has 0 spiro atoms. The van der Waals surface area contributed by atoms with Crippen molar-refractivity contribution in [2.75, 3.05) is 6.61 Å². The van der Waals surface area contributed by atoms with Crippen LogP contribution in [0.2, 0.25) is 0 Å². The van der Waals surface area contributed by atoms with Crippen LogP contribution in [0.25, 0.3) is 0 Å². The molecule has 1 aliphatic heterocycles. The van der Waals surface area contributed by atoms with E-state index < -0.39 is 0 Å². The summed E-state index contributed by atoms with van der Waals surface area (Å²) in [5, 5.41) is 0. The highest BCUT2D eigenvalue weighted by Gasteiger charge is 2.29. The molecule has 2 rings (SSSR count). The number of ether oxygens (including phenoxy) is 1. The van der Waals surface area contributed by atoms with Crippen molar-refractivity contribution in [2.24, 2.45) is 0 Å². The number of aromatic nitrogens is 2. The number of rotatable bonds is 1. The van der Waals surface area contributed by atoms with Crippen LogP contribution in [0.5, 0.6) is 0 Å². The van der Waals surface area contributed by atoms with Crippen LogP contribution in [0, 0.1) is 11.7 Å². The summed E-state index contributed by atoms with van der Waals surface area (Å²) >= 11 is 5.30. The average Bonchev–Trinajstić information content (AvgIpc) is 2.43. The SMILES string of the molecule is Cc1cn(C2CCOC(C)(C)C2)c(=S)[nH]1. The van der Waals surface area contributed by atoms with Crippen molar-refractivity contribution in [2.45, 2.75) is 45.3 Å². The topological polar surface area (TPSA) is 29.9 Å². The third-order valence-electron chi connectivity index (χ3n) is 2.94. The molecule has 0 saturated carbocycles. The van der Waals surface area contributed by atoms with E-state index in [0.29, 0.717) is 6.04 Å². The van der Waals surface area contributed by atoms with Crippen molar-refractivity contribution in [1.29, 1.82) is 0 Å². The maximum Gasteiger partial charge on any atom is 0.177 e. The number of nitrogens with zero attached hydrogens (tertiary/aromatic N) is 1. The minimum Gasteiger partial charge on any atom is -0.375 e. The Morgan fingerprint density at radius 2 is 2.33 bits per heavy atom. The van der Waals surface area contributed by atoms with Gasteiger partial charge in [-0.25, -0.2) is 0 Å². The number of aromatic amines is 1. The van der Waals surface area contributed by atoms with Crippen molar-refractivity contribution in [3.8, 4) is 0 Å². The highest BCUT2D eigenvalue weighted by molar-refractivity contribution is 7.71. The van der Waals surface area contributed by atoms with E-state index in [1.54, 1.807) is 0 Å². The molecule has 3 nitrogen and oxygen atoms in total. The molecule has 0 amide bonds. The van der Waals surface area contributed by atoms with Gasteiger partial charge in [-0.2, -0.15) is 0 Å². The molecular weight excluding hydrogens is 208 g/mol. The monoisotopic (exact) mass is 226 g/mol. The van der Waals surface area contributed by atoms with Gasteiger partial charge in [0.15, 0.2) is 4.77 Å². The second-order valence-corrected chi connectivity index (χ2v) is 5.29. The Bertz CT molecular complexity index is 405. The van der Waals surface area contributed by atoms with E-state index in [1.165, 1.54) is 0 Å². The zero-order valence-corrected chi connectivity index (χ0v) is 10.4. The number of H-pyrrole nitrogens is 1. The van der Waals surface area contributed by atoms with Crippen molar-refractivity contribution in [3.05, 3.63) is 16.7 Å². The van der Waals surface area contributed by atoms with Crippen molar-refractivity contribution < 1.29 is 4.74 Å². The molecule has 1 aromatic rings. The molecule has 0 bridgehead atoms. The van der Waals surface area contributed by atoms with Crippen molar-refractivity contribution >= 4 is 12.2 Å². The first-order valence-corrected chi connectivity index (χ1v) is 5.80. The molecule has 84 valence electrons. The molecule has 1 fully saturated rings. The Kier molecular flexibility index (Phi) is 2.73. The largest absolute Gasteiger partial charge is 0.375 e. The molecule has 1 atom stereocenters.